The van der Waals surface area contributed by atoms with Crippen LogP contribution in [-0.4, -0.2) is 32.6 Å². The molecule has 5 aromatic rings. The summed E-state index contributed by atoms with van der Waals surface area (Å²) in [6.45, 7) is 6.13. The van der Waals surface area contributed by atoms with E-state index in [1.165, 1.54) is 0 Å². The third-order valence-corrected chi connectivity index (χ3v) is 6.40. The van der Waals surface area contributed by atoms with E-state index in [2.05, 4.69) is 31.7 Å². The first-order valence-corrected chi connectivity index (χ1v) is 13.3. The Balaban J connectivity index is 1.21. The zero-order valence-electron chi connectivity index (χ0n) is 23.3. The number of pyridine rings is 3. The van der Waals surface area contributed by atoms with Crippen molar-refractivity contribution < 1.29 is 14.3 Å². The van der Waals surface area contributed by atoms with Crippen molar-refractivity contribution in [1.82, 2.24) is 25.6 Å². The van der Waals surface area contributed by atoms with Crippen LogP contribution in [-0.2, 0) is 24.2 Å². The number of nitrogen functional groups attached to an aromatic ring is 1. The van der Waals surface area contributed by atoms with Gasteiger partial charge >= 0.3 is 6.09 Å². The summed E-state index contributed by atoms with van der Waals surface area (Å²) in [6, 6.07) is 21.2. The summed E-state index contributed by atoms with van der Waals surface area (Å²) in [6.07, 6.45) is 3.42. The van der Waals surface area contributed by atoms with Crippen molar-refractivity contribution in [2.24, 2.45) is 0 Å². The van der Waals surface area contributed by atoms with Crippen LogP contribution in [0, 0.1) is 0 Å². The average Bonchev–Trinajstić information content (AvgIpc) is 2.94. The molecule has 208 valence electrons. The number of nitrogens with two attached hydrogens (primary N) is 1. The molecule has 0 unspecified atom stereocenters. The van der Waals surface area contributed by atoms with Crippen molar-refractivity contribution in [3.63, 3.8) is 0 Å². The van der Waals surface area contributed by atoms with Gasteiger partial charge in [-0.3, -0.25) is 14.8 Å². The minimum Gasteiger partial charge on any atom is -0.444 e. The van der Waals surface area contributed by atoms with E-state index in [9.17, 15) is 9.59 Å². The lowest BCUT2D eigenvalue weighted by Crippen LogP contribution is -2.32. The lowest BCUT2D eigenvalue weighted by Gasteiger charge is -2.19. The Morgan fingerprint density at radius 3 is 2.41 bits per heavy atom. The molecule has 0 aliphatic rings. The SMILES string of the molecule is CC(C)(C)OC(=O)NCc1ccc2cc(Cc3cc(C(=O)NCc4ccc5c(N)nccc5c4)ccn3)ccc2n1. The molecule has 0 aliphatic heterocycles. The second-order valence-electron chi connectivity index (χ2n) is 10.8. The van der Waals surface area contributed by atoms with E-state index in [1.54, 1.807) is 18.5 Å². The lowest BCUT2D eigenvalue weighted by molar-refractivity contribution is 0.0522. The number of rotatable bonds is 7. The molecule has 0 aliphatic carbocycles. The van der Waals surface area contributed by atoms with Crippen molar-refractivity contribution in [3.05, 3.63) is 107 Å². The minimum absolute atomic E-state index is 0.168. The van der Waals surface area contributed by atoms with Crippen LogP contribution < -0.4 is 16.4 Å². The number of carbonyl (C=O) groups is 2. The molecule has 3 heterocycles. The highest BCUT2D eigenvalue weighted by molar-refractivity contribution is 5.94. The molecular weight excluding hydrogens is 516 g/mol. The number of aromatic nitrogens is 3. The second kappa shape index (κ2) is 11.6. The fraction of sp³-hybridized carbons (Fsp3) is 0.219. The smallest absolute Gasteiger partial charge is 0.407 e. The van der Waals surface area contributed by atoms with E-state index in [0.29, 0.717) is 24.3 Å². The van der Waals surface area contributed by atoms with Crippen LogP contribution in [0.4, 0.5) is 10.6 Å². The van der Waals surface area contributed by atoms with Gasteiger partial charge in [-0.15, -0.1) is 0 Å². The van der Waals surface area contributed by atoms with Gasteiger partial charge in [-0.25, -0.2) is 9.78 Å². The largest absolute Gasteiger partial charge is 0.444 e. The van der Waals surface area contributed by atoms with Gasteiger partial charge in [0.1, 0.15) is 11.4 Å². The van der Waals surface area contributed by atoms with Crippen LogP contribution in [0.3, 0.4) is 0 Å². The highest BCUT2D eigenvalue weighted by atomic mass is 16.6. The van der Waals surface area contributed by atoms with E-state index in [1.807, 2.05) is 75.4 Å². The van der Waals surface area contributed by atoms with Gasteiger partial charge in [-0.1, -0.05) is 24.3 Å². The predicted molar refractivity (Wildman–Crippen MR) is 159 cm³/mol. The number of fused-ring (bicyclic) bond motifs is 2. The average molecular weight is 549 g/mol. The molecule has 9 nitrogen and oxygen atoms in total. The molecule has 3 aromatic heterocycles. The number of amides is 2. The number of benzene rings is 2. The Morgan fingerprint density at radius 2 is 1.59 bits per heavy atom. The maximum absolute atomic E-state index is 12.9. The monoisotopic (exact) mass is 548 g/mol. The van der Waals surface area contributed by atoms with Gasteiger partial charge < -0.3 is 21.1 Å². The summed E-state index contributed by atoms with van der Waals surface area (Å²) in [4.78, 5) is 38.1. The van der Waals surface area contributed by atoms with Gasteiger partial charge in [0.25, 0.3) is 5.91 Å². The van der Waals surface area contributed by atoms with Crippen LogP contribution in [0.2, 0.25) is 0 Å². The second-order valence-corrected chi connectivity index (χ2v) is 10.8. The van der Waals surface area contributed by atoms with Crippen molar-refractivity contribution in [3.8, 4) is 0 Å². The van der Waals surface area contributed by atoms with Crippen molar-refractivity contribution >= 4 is 39.5 Å². The standard InChI is InChI=1S/C32H32N6O3/c1-32(2,3)41-31(40)37-19-25-7-6-23-14-20(5-9-28(23)38-25)16-26-17-24(11-12-34-26)30(39)36-18-21-4-8-27-22(15-21)10-13-35-29(27)33/h4-15,17H,16,18-19H2,1-3H3,(H2,33,35)(H,36,39)(H,37,40). The molecule has 0 spiro atoms. The van der Waals surface area contributed by atoms with Crippen LogP contribution >= 0.6 is 0 Å². The third-order valence-electron chi connectivity index (χ3n) is 6.40. The third kappa shape index (κ3) is 7.13. The summed E-state index contributed by atoms with van der Waals surface area (Å²) in [5.74, 6) is 0.320. The number of nitrogens with one attached hydrogen (secondary N) is 2. The van der Waals surface area contributed by atoms with E-state index in [0.717, 1.165) is 44.2 Å². The van der Waals surface area contributed by atoms with Crippen LogP contribution in [0.25, 0.3) is 21.7 Å². The Bertz CT molecular complexity index is 1750. The van der Waals surface area contributed by atoms with E-state index in [4.69, 9.17) is 10.5 Å². The minimum atomic E-state index is -0.554. The van der Waals surface area contributed by atoms with Crippen molar-refractivity contribution in [2.75, 3.05) is 5.73 Å². The first-order chi connectivity index (χ1) is 19.6. The fourth-order valence-corrected chi connectivity index (χ4v) is 4.47. The number of alkyl carbamates (subject to hydrolysis) is 1. The van der Waals surface area contributed by atoms with Gasteiger partial charge in [-0.05, 0) is 79.7 Å². The highest BCUT2D eigenvalue weighted by Gasteiger charge is 2.16. The molecule has 4 N–H and O–H groups in total. The quantitative estimate of drug-likeness (QED) is 0.251. The van der Waals surface area contributed by atoms with Gasteiger partial charge in [0.05, 0.1) is 17.8 Å². The fourth-order valence-electron chi connectivity index (χ4n) is 4.47. The van der Waals surface area contributed by atoms with E-state index < -0.39 is 11.7 Å². The van der Waals surface area contributed by atoms with Gasteiger partial charge in [0.15, 0.2) is 0 Å². The predicted octanol–water partition coefficient (Wildman–Crippen LogP) is 5.31. The van der Waals surface area contributed by atoms with Gasteiger partial charge in [-0.2, -0.15) is 0 Å². The molecule has 9 heteroatoms. The molecule has 0 atom stereocenters. The molecule has 5 rings (SSSR count). The van der Waals surface area contributed by atoms with Crippen molar-refractivity contribution in [2.45, 2.75) is 45.9 Å². The molecule has 0 saturated heterocycles. The van der Waals surface area contributed by atoms with E-state index in [-0.39, 0.29) is 12.5 Å². The maximum atomic E-state index is 12.9. The summed E-state index contributed by atoms with van der Waals surface area (Å²) >= 11 is 0. The van der Waals surface area contributed by atoms with Crippen molar-refractivity contribution in [1.29, 1.82) is 0 Å². The number of anilines is 1. The van der Waals surface area contributed by atoms with Crippen LogP contribution in [0.5, 0.6) is 0 Å². The maximum Gasteiger partial charge on any atom is 0.407 e. The van der Waals surface area contributed by atoms with Gasteiger partial charge in [0, 0.05) is 47.4 Å². The lowest BCUT2D eigenvalue weighted by atomic mass is 10.0. The Morgan fingerprint density at radius 1 is 0.805 bits per heavy atom. The van der Waals surface area contributed by atoms with E-state index >= 15 is 0 Å². The number of hydrogen-bond acceptors (Lipinski definition) is 7. The van der Waals surface area contributed by atoms with Crippen LogP contribution in [0.1, 0.15) is 53.6 Å². The number of ether oxygens (including phenoxy) is 1. The Labute approximate surface area is 238 Å². The molecule has 2 aromatic carbocycles. The first-order valence-electron chi connectivity index (χ1n) is 13.3. The molecule has 0 saturated carbocycles. The molecule has 41 heavy (non-hydrogen) atoms. The number of carbonyl (C=O) groups excluding carboxylic acids is 2. The summed E-state index contributed by atoms with van der Waals surface area (Å²) in [5, 5.41) is 8.57. The molecule has 0 radical (unpaired) electrons. The Hall–Kier alpha value is -5.05. The highest BCUT2D eigenvalue weighted by Crippen LogP contribution is 2.21. The summed E-state index contributed by atoms with van der Waals surface area (Å²) in [7, 11) is 0. The zero-order valence-corrected chi connectivity index (χ0v) is 23.3. The molecule has 0 bridgehead atoms. The summed E-state index contributed by atoms with van der Waals surface area (Å²) in [5.41, 5.74) is 10.3. The topological polar surface area (TPSA) is 132 Å². The first kappa shape index (κ1) is 27.5. The molecular formula is C32H32N6O3. The molecule has 0 fully saturated rings. The molecule has 2 amide bonds. The normalized spacial score (nSPS) is 11.4. The summed E-state index contributed by atoms with van der Waals surface area (Å²) < 4.78 is 5.28. The number of hydrogen-bond donors (Lipinski definition) is 3. The number of nitrogens with zero attached hydrogens (tertiary/aromatic N) is 3. The Kier molecular flexibility index (Phi) is 7.78. The zero-order chi connectivity index (χ0) is 29.0. The van der Waals surface area contributed by atoms with Crippen LogP contribution in [0.15, 0.2) is 79.1 Å². The van der Waals surface area contributed by atoms with Gasteiger partial charge in [0.2, 0.25) is 0 Å².